The maximum absolute atomic E-state index is 4.72. The molecule has 0 spiro atoms. The zero-order valence-corrected chi connectivity index (χ0v) is 13.9. The first-order valence-electron chi connectivity index (χ1n) is 8.78. The van der Waals surface area contributed by atoms with E-state index in [2.05, 4.69) is 46.7 Å². The van der Waals surface area contributed by atoms with Gasteiger partial charge in [-0.3, -0.25) is 0 Å². The third-order valence-corrected chi connectivity index (χ3v) is 5.41. The Kier molecular flexibility index (Phi) is 2.93. The molecule has 2 heterocycles. The van der Waals surface area contributed by atoms with Crippen LogP contribution in [0.5, 0.6) is 0 Å². The molecule has 2 aliphatic rings. The van der Waals surface area contributed by atoms with Crippen LogP contribution in [0.1, 0.15) is 48.6 Å². The van der Waals surface area contributed by atoms with Crippen molar-refractivity contribution in [1.29, 1.82) is 0 Å². The molecule has 5 rings (SSSR count). The standard InChI is InChI=1S/C19H21N5/c1-13-4-2-3-5-15(13)19(10-11-19)12-20-16-8-9-17-21-22-18(14-6-7-14)24(17)23-16/h2-5,8-9,14H,6-7,10-12H2,1H3,(H,20,23). The lowest BCUT2D eigenvalue weighted by atomic mass is 9.92. The fraction of sp³-hybridized carbons (Fsp3) is 0.421. The number of nitrogens with one attached hydrogen (secondary N) is 1. The molecule has 1 N–H and O–H groups in total. The lowest BCUT2D eigenvalue weighted by Crippen LogP contribution is -2.21. The number of aryl methyl sites for hydroxylation is 1. The molecule has 0 bridgehead atoms. The summed E-state index contributed by atoms with van der Waals surface area (Å²) in [4.78, 5) is 0. The van der Waals surface area contributed by atoms with Crippen LogP contribution in [0.15, 0.2) is 36.4 Å². The van der Waals surface area contributed by atoms with Crippen molar-refractivity contribution < 1.29 is 0 Å². The minimum absolute atomic E-state index is 0.272. The second kappa shape index (κ2) is 5.03. The van der Waals surface area contributed by atoms with Crippen LogP contribution in [0.25, 0.3) is 5.65 Å². The van der Waals surface area contributed by atoms with Crippen LogP contribution in [0.4, 0.5) is 5.82 Å². The number of fused-ring (bicyclic) bond motifs is 1. The second-order valence-electron chi connectivity index (χ2n) is 7.27. The van der Waals surface area contributed by atoms with Crippen molar-refractivity contribution in [2.24, 2.45) is 0 Å². The molecule has 0 amide bonds. The van der Waals surface area contributed by atoms with E-state index in [-0.39, 0.29) is 5.41 Å². The van der Waals surface area contributed by atoms with Gasteiger partial charge < -0.3 is 5.32 Å². The lowest BCUT2D eigenvalue weighted by molar-refractivity contribution is 0.718. The summed E-state index contributed by atoms with van der Waals surface area (Å²) >= 11 is 0. The molecule has 0 atom stereocenters. The van der Waals surface area contributed by atoms with Crippen LogP contribution >= 0.6 is 0 Å². The summed E-state index contributed by atoms with van der Waals surface area (Å²) in [6.07, 6.45) is 4.90. The summed E-state index contributed by atoms with van der Waals surface area (Å²) in [7, 11) is 0. The molecule has 24 heavy (non-hydrogen) atoms. The van der Waals surface area contributed by atoms with Crippen molar-refractivity contribution in [2.45, 2.75) is 43.9 Å². The van der Waals surface area contributed by atoms with Crippen molar-refractivity contribution in [1.82, 2.24) is 19.8 Å². The number of hydrogen-bond acceptors (Lipinski definition) is 4. The van der Waals surface area contributed by atoms with E-state index in [1.165, 1.54) is 36.8 Å². The quantitative estimate of drug-likeness (QED) is 0.782. The first kappa shape index (κ1) is 14.0. The molecular formula is C19H21N5. The largest absolute Gasteiger partial charge is 0.368 e. The van der Waals surface area contributed by atoms with Crippen LogP contribution in [0.2, 0.25) is 0 Å². The first-order valence-corrected chi connectivity index (χ1v) is 8.78. The van der Waals surface area contributed by atoms with E-state index in [9.17, 15) is 0 Å². The van der Waals surface area contributed by atoms with Gasteiger partial charge >= 0.3 is 0 Å². The second-order valence-corrected chi connectivity index (χ2v) is 7.27. The number of aromatic nitrogens is 4. The number of nitrogens with zero attached hydrogens (tertiary/aromatic N) is 4. The van der Waals surface area contributed by atoms with E-state index in [1.54, 1.807) is 0 Å². The summed E-state index contributed by atoms with van der Waals surface area (Å²) in [5, 5.41) is 16.8. The summed E-state index contributed by atoms with van der Waals surface area (Å²) in [6.45, 7) is 3.13. The molecule has 122 valence electrons. The van der Waals surface area contributed by atoms with E-state index >= 15 is 0 Å². The molecule has 3 aromatic rings. The van der Waals surface area contributed by atoms with Crippen LogP contribution in [-0.4, -0.2) is 26.4 Å². The van der Waals surface area contributed by atoms with Crippen molar-refractivity contribution in [2.75, 3.05) is 11.9 Å². The van der Waals surface area contributed by atoms with E-state index in [0.29, 0.717) is 5.92 Å². The van der Waals surface area contributed by atoms with Gasteiger partial charge in [0.2, 0.25) is 0 Å². The average Bonchev–Trinajstić information content (AvgIpc) is 3.53. The molecule has 5 nitrogen and oxygen atoms in total. The van der Waals surface area contributed by atoms with E-state index < -0.39 is 0 Å². The molecule has 0 radical (unpaired) electrons. The smallest absolute Gasteiger partial charge is 0.178 e. The van der Waals surface area contributed by atoms with Gasteiger partial charge in [-0.2, -0.15) is 4.52 Å². The molecule has 1 aromatic carbocycles. The Morgan fingerprint density at radius 2 is 1.96 bits per heavy atom. The molecule has 2 aliphatic carbocycles. The average molecular weight is 319 g/mol. The Morgan fingerprint density at radius 1 is 1.12 bits per heavy atom. The van der Waals surface area contributed by atoms with Crippen LogP contribution < -0.4 is 5.32 Å². The Morgan fingerprint density at radius 3 is 2.71 bits per heavy atom. The maximum atomic E-state index is 4.72. The highest BCUT2D eigenvalue weighted by Gasteiger charge is 2.44. The number of anilines is 1. The first-order chi connectivity index (χ1) is 11.8. The van der Waals surface area contributed by atoms with E-state index in [4.69, 9.17) is 5.10 Å². The van der Waals surface area contributed by atoms with Crippen molar-refractivity contribution in [3.63, 3.8) is 0 Å². The SMILES string of the molecule is Cc1ccccc1C1(CNc2ccc3nnc(C4CC4)n3n2)CC1. The van der Waals surface area contributed by atoms with Crippen molar-refractivity contribution in [3.8, 4) is 0 Å². The van der Waals surface area contributed by atoms with Crippen LogP contribution in [0.3, 0.4) is 0 Å². The Hall–Kier alpha value is -2.43. The van der Waals surface area contributed by atoms with Gasteiger partial charge in [-0.05, 0) is 55.9 Å². The highest BCUT2D eigenvalue weighted by Crippen LogP contribution is 2.49. The summed E-state index contributed by atoms with van der Waals surface area (Å²) in [5.74, 6) is 2.46. The summed E-state index contributed by atoms with van der Waals surface area (Å²) in [5.41, 5.74) is 3.97. The summed E-state index contributed by atoms with van der Waals surface area (Å²) < 4.78 is 1.91. The van der Waals surface area contributed by atoms with E-state index in [0.717, 1.165) is 23.8 Å². The van der Waals surface area contributed by atoms with Crippen LogP contribution in [-0.2, 0) is 5.41 Å². The molecule has 2 fully saturated rings. The predicted molar refractivity (Wildman–Crippen MR) is 93.3 cm³/mol. The zero-order chi connectivity index (χ0) is 16.1. The zero-order valence-electron chi connectivity index (χ0n) is 13.9. The normalized spacial score (nSPS) is 18.7. The van der Waals surface area contributed by atoms with Crippen molar-refractivity contribution in [3.05, 3.63) is 53.3 Å². The van der Waals surface area contributed by atoms with Gasteiger partial charge in [-0.1, -0.05) is 24.3 Å². The number of hydrogen-bond donors (Lipinski definition) is 1. The molecule has 0 saturated heterocycles. The van der Waals surface area contributed by atoms with Gasteiger partial charge in [0, 0.05) is 17.9 Å². The molecule has 0 unspecified atom stereocenters. The molecule has 2 saturated carbocycles. The van der Waals surface area contributed by atoms with Crippen molar-refractivity contribution >= 4 is 11.5 Å². The van der Waals surface area contributed by atoms with Gasteiger partial charge in [0.15, 0.2) is 11.5 Å². The molecule has 2 aromatic heterocycles. The Balaban J connectivity index is 1.39. The minimum Gasteiger partial charge on any atom is -0.368 e. The fourth-order valence-electron chi connectivity index (χ4n) is 3.62. The molecular weight excluding hydrogens is 298 g/mol. The predicted octanol–water partition coefficient (Wildman–Crippen LogP) is 3.45. The number of rotatable bonds is 5. The van der Waals surface area contributed by atoms with Gasteiger partial charge in [0.25, 0.3) is 0 Å². The highest BCUT2D eigenvalue weighted by atomic mass is 15.4. The molecule has 5 heteroatoms. The van der Waals surface area contributed by atoms with E-state index in [1.807, 2.05) is 16.6 Å². The van der Waals surface area contributed by atoms with Gasteiger partial charge in [-0.15, -0.1) is 15.3 Å². The van der Waals surface area contributed by atoms with Gasteiger partial charge in [0.1, 0.15) is 5.82 Å². The highest BCUT2D eigenvalue weighted by molar-refractivity contribution is 5.46. The topological polar surface area (TPSA) is 55.1 Å². The summed E-state index contributed by atoms with van der Waals surface area (Å²) in [6, 6.07) is 12.7. The maximum Gasteiger partial charge on any atom is 0.178 e. The third-order valence-electron chi connectivity index (χ3n) is 5.41. The minimum atomic E-state index is 0.272. The van der Waals surface area contributed by atoms with Crippen LogP contribution in [0, 0.1) is 6.92 Å². The Bertz CT molecular complexity index is 905. The fourth-order valence-corrected chi connectivity index (χ4v) is 3.62. The lowest BCUT2D eigenvalue weighted by Gasteiger charge is -2.19. The molecule has 0 aliphatic heterocycles. The van der Waals surface area contributed by atoms with Gasteiger partial charge in [0.05, 0.1) is 0 Å². The van der Waals surface area contributed by atoms with Gasteiger partial charge in [-0.25, -0.2) is 0 Å². The monoisotopic (exact) mass is 319 g/mol. The number of benzene rings is 1. The Labute approximate surface area is 141 Å². The third kappa shape index (κ3) is 2.27.